The van der Waals surface area contributed by atoms with Gasteiger partial charge in [-0.05, 0) is 119 Å². The minimum atomic E-state index is -0.555. The fraction of sp³-hybridized carbons (Fsp3) is 0.174. The molecule has 52 heavy (non-hydrogen) atoms. The minimum absolute atomic E-state index is 0.362. The summed E-state index contributed by atoms with van der Waals surface area (Å²) in [6, 6.07) is 34.9. The van der Waals surface area contributed by atoms with Crippen LogP contribution in [0.15, 0.2) is 135 Å². The first kappa shape index (κ1) is 35.7. The van der Waals surface area contributed by atoms with Gasteiger partial charge in [0, 0.05) is 11.1 Å². The third-order valence-corrected chi connectivity index (χ3v) is 9.41. The average molecular weight is 691 g/mol. The number of carbonyl (C=O) groups is 2. The van der Waals surface area contributed by atoms with Gasteiger partial charge in [0.25, 0.3) is 0 Å². The summed E-state index contributed by atoms with van der Waals surface area (Å²) < 4.78 is 23.1. The first-order valence-corrected chi connectivity index (χ1v) is 17.3. The molecule has 0 heterocycles. The Labute approximate surface area is 304 Å². The molecule has 0 N–H and O–H groups in total. The van der Waals surface area contributed by atoms with E-state index in [1.165, 1.54) is 0 Å². The maximum atomic E-state index is 13.8. The van der Waals surface area contributed by atoms with Crippen LogP contribution in [-0.2, 0) is 22.4 Å². The number of methoxy groups -OCH3 is 2. The molecule has 6 rings (SSSR count). The van der Waals surface area contributed by atoms with Crippen molar-refractivity contribution in [1.29, 1.82) is 0 Å². The highest BCUT2D eigenvalue weighted by atomic mass is 16.5. The Hall–Kier alpha value is -6.14. The fourth-order valence-corrected chi connectivity index (χ4v) is 6.28. The molecule has 6 aromatic rings. The molecule has 6 nitrogen and oxygen atoms in total. The maximum absolute atomic E-state index is 13.8. The lowest BCUT2D eigenvalue weighted by Gasteiger charge is -2.19. The number of esters is 2. The second-order valence-electron chi connectivity index (χ2n) is 12.9. The first-order valence-electron chi connectivity index (χ1n) is 17.3. The van der Waals surface area contributed by atoms with Crippen LogP contribution in [-0.4, -0.2) is 26.2 Å². The summed E-state index contributed by atoms with van der Waals surface area (Å²) in [6.07, 6.45) is 4.84. The highest BCUT2D eigenvalue weighted by Crippen LogP contribution is 2.40. The summed E-state index contributed by atoms with van der Waals surface area (Å²) in [4.78, 5) is 27.6. The molecule has 0 aromatic heterocycles. The quantitative estimate of drug-likeness (QED) is 0.0682. The summed E-state index contributed by atoms with van der Waals surface area (Å²) in [5.41, 5.74) is 4.86. The zero-order chi connectivity index (χ0) is 36.8. The second kappa shape index (κ2) is 15.8. The summed E-state index contributed by atoms with van der Waals surface area (Å²) in [5.74, 6) is 0.338. The Balaban J connectivity index is 1.33. The number of allylic oxidation sites excluding steroid dienone is 2. The van der Waals surface area contributed by atoms with Crippen LogP contribution >= 0.6 is 0 Å². The third kappa shape index (κ3) is 7.77. The van der Waals surface area contributed by atoms with Crippen molar-refractivity contribution in [3.8, 4) is 34.1 Å². The van der Waals surface area contributed by atoms with E-state index in [9.17, 15) is 9.59 Å². The number of benzene rings is 6. The SMILES string of the molecule is C=CCc1ccc(OC(=O)[C@@H](C)c2ccc3cc(OC)ccc3c2)c(-c2cc(CC=C)ccc2OC(=O)[C@@H](C)c2ccc3cc(OC)ccc3c2)c1. The van der Waals surface area contributed by atoms with Gasteiger partial charge in [0.15, 0.2) is 0 Å². The molecule has 0 saturated heterocycles. The number of hydrogen-bond donors (Lipinski definition) is 0. The standard InChI is InChI=1S/C46H42O6/c1-7-9-31-11-21-43(51-45(47)29(3)33-13-15-37-27-39(49-5)19-17-35(37)25-33)41(23-31)42-24-32(10-8-2)12-22-44(42)52-46(48)30(4)34-14-16-38-28-40(50-6)20-18-36(38)26-34/h7-8,11-30H,1-2,9-10H2,3-6H3/t29-,30-/m0/s1. The van der Waals surface area contributed by atoms with Crippen molar-refractivity contribution in [2.75, 3.05) is 14.2 Å². The molecule has 262 valence electrons. The van der Waals surface area contributed by atoms with E-state index in [0.29, 0.717) is 35.5 Å². The zero-order valence-corrected chi connectivity index (χ0v) is 30.0. The van der Waals surface area contributed by atoms with Gasteiger partial charge in [0.1, 0.15) is 23.0 Å². The van der Waals surface area contributed by atoms with Gasteiger partial charge in [0.2, 0.25) is 0 Å². The van der Waals surface area contributed by atoms with Gasteiger partial charge in [-0.15, -0.1) is 13.2 Å². The van der Waals surface area contributed by atoms with Gasteiger partial charge in [-0.25, -0.2) is 0 Å². The smallest absolute Gasteiger partial charge is 0.318 e. The Morgan fingerprint density at radius 2 is 0.923 bits per heavy atom. The van der Waals surface area contributed by atoms with Crippen LogP contribution in [0.4, 0.5) is 0 Å². The lowest BCUT2D eigenvalue weighted by Crippen LogP contribution is -2.18. The normalized spacial score (nSPS) is 12.2. The number of rotatable bonds is 13. The molecule has 2 atom stereocenters. The maximum Gasteiger partial charge on any atom is 0.318 e. The van der Waals surface area contributed by atoms with Crippen LogP contribution in [0, 0.1) is 0 Å². The summed E-state index contributed by atoms with van der Waals surface area (Å²) in [7, 11) is 3.28. The number of ether oxygens (including phenoxy) is 4. The molecule has 0 spiro atoms. The van der Waals surface area contributed by atoms with Crippen LogP contribution in [0.1, 0.15) is 47.9 Å². The van der Waals surface area contributed by atoms with E-state index < -0.39 is 23.8 Å². The predicted octanol–water partition coefficient (Wildman–Crippen LogP) is 10.6. The highest BCUT2D eigenvalue weighted by molar-refractivity contribution is 5.90. The Kier molecular flexibility index (Phi) is 10.9. The van der Waals surface area contributed by atoms with E-state index in [4.69, 9.17) is 18.9 Å². The predicted molar refractivity (Wildman–Crippen MR) is 209 cm³/mol. The molecule has 0 bridgehead atoms. The molecule has 6 aromatic carbocycles. The molecule has 0 aliphatic rings. The largest absolute Gasteiger partial charge is 0.497 e. The van der Waals surface area contributed by atoms with Crippen molar-refractivity contribution in [2.45, 2.75) is 38.5 Å². The fourth-order valence-electron chi connectivity index (χ4n) is 6.28. The van der Waals surface area contributed by atoms with Crippen molar-refractivity contribution in [2.24, 2.45) is 0 Å². The van der Waals surface area contributed by atoms with E-state index in [-0.39, 0.29) is 0 Å². The van der Waals surface area contributed by atoms with Gasteiger partial charge in [-0.2, -0.15) is 0 Å². The van der Waals surface area contributed by atoms with Crippen molar-refractivity contribution in [3.63, 3.8) is 0 Å². The van der Waals surface area contributed by atoms with Crippen molar-refractivity contribution in [3.05, 3.63) is 157 Å². The van der Waals surface area contributed by atoms with Crippen LogP contribution < -0.4 is 18.9 Å². The minimum Gasteiger partial charge on any atom is -0.497 e. The lowest BCUT2D eigenvalue weighted by molar-refractivity contribution is -0.136. The van der Waals surface area contributed by atoms with Gasteiger partial charge in [-0.3, -0.25) is 9.59 Å². The summed E-state index contributed by atoms with van der Waals surface area (Å²) in [5, 5.41) is 4.02. The average Bonchev–Trinajstić information content (AvgIpc) is 3.17. The van der Waals surface area contributed by atoms with Crippen LogP contribution in [0.3, 0.4) is 0 Å². The molecular weight excluding hydrogens is 649 g/mol. The topological polar surface area (TPSA) is 71.1 Å². The zero-order valence-electron chi connectivity index (χ0n) is 30.0. The molecule has 0 saturated carbocycles. The van der Waals surface area contributed by atoms with E-state index in [1.807, 2.05) is 123 Å². The van der Waals surface area contributed by atoms with Crippen molar-refractivity contribution < 1.29 is 28.5 Å². The first-order chi connectivity index (χ1) is 25.2. The highest BCUT2D eigenvalue weighted by Gasteiger charge is 2.24. The van der Waals surface area contributed by atoms with Crippen LogP contribution in [0.25, 0.3) is 32.7 Å². The lowest BCUT2D eigenvalue weighted by atomic mass is 9.96. The Bertz CT molecular complexity index is 2140. The van der Waals surface area contributed by atoms with Crippen molar-refractivity contribution >= 4 is 33.5 Å². The molecule has 0 unspecified atom stereocenters. The van der Waals surface area contributed by atoms with E-state index in [1.54, 1.807) is 26.4 Å². The number of hydrogen-bond acceptors (Lipinski definition) is 6. The third-order valence-electron chi connectivity index (χ3n) is 9.41. The van der Waals surface area contributed by atoms with E-state index in [0.717, 1.165) is 55.3 Å². The van der Waals surface area contributed by atoms with Crippen LogP contribution in [0.2, 0.25) is 0 Å². The molecule has 0 aliphatic heterocycles. The summed E-state index contributed by atoms with van der Waals surface area (Å²) >= 11 is 0. The molecule has 0 amide bonds. The van der Waals surface area contributed by atoms with Crippen LogP contribution in [0.5, 0.6) is 23.0 Å². The molecule has 0 radical (unpaired) electrons. The number of fused-ring (bicyclic) bond motifs is 2. The van der Waals surface area contributed by atoms with Gasteiger partial charge >= 0.3 is 11.9 Å². The van der Waals surface area contributed by atoms with E-state index >= 15 is 0 Å². The van der Waals surface area contributed by atoms with E-state index in [2.05, 4.69) is 13.2 Å². The van der Waals surface area contributed by atoms with Gasteiger partial charge in [0.05, 0.1) is 26.1 Å². The molecule has 0 fully saturated rings. The molecule has 6 heteroatoms. The number of carbonyl (C=O) groups excluding carboxylic acids is 2. The van der Waals surface area contributed by atoms with Gasteiger partial charge < -0.3 is 18.9 Å². The van der Waals surface area contributed by atoms with Gasteiger partial charge in [-0.1, -0.05) is 72.8 Å². The summed E-state index contributed by atoms with van der Waals surface area (Å²) in [6.45, 7) is 11.5. The monoisotopic (exact) mass is 690 g/mol. The Morgan fingerprint density at radius 1 is 0.538 bits per heavy atom. The molecule has 0 aliphatic carbocycles. The Morgan fingerprint density at radius 3 is 1.31 bits per heavy atom. The molecular formula is C46H42O6. The van der Waals surface area contributed by atoms with Crippen molar-refractivity contribution in [1.82, 2.24) is 0 Å². The second-order valence-corrected chi connectivity index (χ2v) is 12.9.